The second-order valence-electron chi connectivity index (χ2n) is 7.76. The molecule has 1 aromatic heterocycles. The van der Waals surface area contributed by atoms with E-state index in [2.05, 4.69) is 22.9 Å². The molecule has 3 aliphatic heterocycles. The molecule has 2 unspecified atom stereocenters. The first-order valence-corrected chi connectivity index (χ1v) is 9.67. The van der Waals surface area contributed by atoms with Gasteiger partial charge in [-0.05, 0) is 42.9 Å². The quantitative estimate of drug-likeness (QED) is 0.829. The van der Waals surface area contributed by atoms with Gasteiger partial charge < -0.3 is 19.7 Å². The van der Waals surface area contributed by atoms with Crippen LogP contribution in [0.15, 0.2) is 24.3 Å². The number of esters is 1. The van der Waals surface area contributed by atoms with Crippen LogP contribution in [0.1, 0.15) is 31.0 Å². The molecule has 4 heterocycles. The number of hydrogen-bond acceptors (Lipinski definition) is 4. The predicted molar refractivity (Wildman–Crippen MR) is 101 cm³/mol. The highest BCUT2D eigenvalue weighted by molar-refractivity contribution is 5.91. The van der Waals surface area contributed by atoms with Crippen molar-refractivity contribution in [2.24, 2.45) is 11.8 Å². The summed E-state index contributed by atoms with van der Waals surface area (Å²) in [6.07, 6.45) is 2.78. The number of aliphatic hydroxyl groups excluding tert-OH is 1. The zero-order valence-electron chi connectivity index (χ0n) is 15.6. The number of nitrogens with zero attached hydrogens (tertiary/aromatic N) is 1. The number of nitrogens with one attached hydrogen (secondary N) is 1. The third-order valence-corrected chi connectivity index (χ3v) is 6.71. The van der Waals surface area contributed by atoms with Crippen LogP contribution in [0, 0.1) is 11.8 Å². The molecule has 3 aliphatic rings. The summed E-state index contributed by atoms with van der Waals surface area (Å²) in [7, 11) is 1.44. The first-order chi connectivity index (χ1) is 12.7. The number of fused-ring (bicyclic) bond motifs is 4. The highest BCUT2D eigenvalue weighted by atomic mass is 16.5. The number of H-pyrrole nitrogens is 1. The summed E-state index contributed by atoms with van der Waals surface area (Å²) in [5.41, 5.74) is 2.05. The van der Waals surface area contributed by atoms with Gasteiger partial charge in [-0.1, -0.05) is 31.5 Å². The van der Waals surface area contributed by atoms with Crippen LogP contribution in [-0.4, -0.2) is 54.3 Å². The maximum atomic E-state index is 13.2. The van der Waals surface area contributed by atoms with Gasteiger partial charge in [0.2, 0.25) is 0 Å². The Bertz CT molecular complexity index is 815. The number of carbonyl (C=O) groups excluding carboxylic acids is 1. The molecule has 1 fully saturated rings. The number of hydrogen-bond donors (Lipinski definition) is 2. The third kappa shape index (κ3) is 2.41. The van der Waals surface area contributed by atoms with E-state index in [0.29, 0.717) is 5.92 Å². The Morgan fingerprint density at radius 3 is 2.92 bits per heavy atom. The lowest BCUT2D eigenvalue weighted by molar-refractivity contribution is -0.155. The summed E-state index contributed by atoms with van der Waals surface area (Å²) in [5.74, 6) is 0.130. The Hall–Kier alpha value is -1.85. The van der Waals surface area contributed by atoms with Gasteiger partial charge >= 0.3 is 5.97 Å². The normalized spacial score (nSPS) is 31.1. The summed E-state index contributed by atoms with van der Waals surface area (Å²) < 4.78 is 5.28. The molecule has 0 saturated carbocycles. The Morgan fingerprint density at radius 1 is 1.38 bits per heavy atom. The Labute approximate surface area is 154 Å². The molecule has 2 bridgehead atoms. The largest absolute Gasteiger partial charge is 0.468 e. The van der Waals surface area contributed by atoms with Crippen molar-refractivity contribution in [3.63, 3.8) is 0 Å². The summed E-state index contributed by atoms with van der Waals surface area (Å²) >= 11 is 0. The molecule has 0 aliphatic carbocycles. The zero-order chi connectivity index (χ0) is 18.3. The lowest BCUT2D eigenvalue weighted by atomic mass is 9.63. The van der Waals surface area contributed by atoms with Crippen LogP contribution < -0.4 is 0 Å². The smallest absolute Gasteiger partial charge is 0.320 e. The summed E-state index contributed by atoms with van der Waals surface area (Å²) in [5, 5.41) is 11.8. The number of piperidine rings is 1. The number of carbonyl (C=O) groups is 1. The van der Waals surface area contributed by atoms with Crippen molar-refractivity contribution in [2.75, 3.05) is 33.4 Å². The first kappa shape index (κ1) is 17.6. The molecule has 0 spiro atoms. The van der Waals surface area contributed by atoms with Crippen molar-refractivity contribution in [3.05, 3.63) is 35.5 Å². The van der Waals surface area contributed by atoms with Gasteiger partial charge in [-0.25, -0.2) is 0 Å². The maximum absolute atomic E-state index is 13.2. The van der Waals surface area contributed by atoms with Crippen LogP contribution in [0.25, 0.3) is 10.9 Å². The van der Waals surface area contributed by atoms with Crippen LogP contribution in [0.3, 0.4) is 0 Å². The summed E-state index contributed by atoms with van der Waals surface area (Å²) in [4.78, 5) is 19.2. The van der Waals surface area contributed by atoms with Gasteiger partial charge in [0.15, 0.2) is 0 Å². The molecule has 5 rings (SSSR count). The van der Waals surface area contributed by atoms with E-state index < -0.39 is 5.41 Å². The number of aromatic nitrogens is 1. The fourth-order valence-electron chi connectivity index (χ4n) is 5.37. The van der Waals surface area contributed by atoms with Gasteiger partial charge in [-0.15, -0.1) is 0 Å². The van der Waals surface area contributed by atoms with Crippen molar-refractivity contribution in [1.29, 1.82) is 0 Å². The van der Waals surface area contributed by atoms with Crippen molar-refractivity contribution >= 4 is 16.9 Å². The molecule has 26 heavy (non-hydrogen) atoms. The first-order valence-electron chi connectivity index (χ1n) is 9.67. The van der Waals surface area contributed by atoms with Crippen LogP contribution in [0.4, 0.5) is 0 Å². The minimum atomic E-state index is -1.01. The topological polar surface area (TPSA) is 65.6 Å². The molecule has 1 aromatic carbocycles. The molecule has 0 radical (unpaired) electrons. The maximum Gasteiger partial charge on any atom is 0.320 e. The fraction of sp³-hybridized carbons (Fsp3) is 0.571. The summed E-state index contributed by atoms with van der Waals surface area (Å²) in [6.45, 7) is 4.91. The molecule has 2 aromatic rings. The van der Waals surface area contributed by atoms with Crippen LogP contribution in [0.5, 0.6) is 0 Å². The molecule has 140 valence electrons. The average Bonchev–Trinajstić information content (AvgIpc) is 3.09. The number of benzene rings is 1. The Kier molecular flexibility index (Phi) is 4.53. The SMILES string of the molecule is CCC1CN2CCc3c([nH]c4ccccc34)[C@@](CO)(C(=O)OC)[C@H]1CC2. The molecule has 5 nitrogen and oxygen atoms in total. The van der Waals surface area contributed by atoms with Crippen molar-refractivity contribution in [2.45, 2.75) is 31.6 Å². The van der Waals surface area contributed by atoms with E-state index in [1.165, 1.54) is 7.11 Å². The van der Waals surface area contributed by atoms with E-state index in [1.54, 1.807) is 0 Å². The molecular weight excluding hydrogens is 328 g/mol. The van der Waals surface area contributed by atoms with Crippen LogP contribution in [-0.2, 0) is 21.4 Å². The van der Waals surface area contributed by atoms with E-state index in [0.717, 1.165) is 61.1 Å². The molecule has 1 saturated heterocycles. The zero-order valence-corrected chi connectivity index (χ0v) is 15.6. The van der Waals surface area contributed by atoms with Gasteiger partial charge in [0.05, 0.1) is 13.7 Å². The number of ether oxygens (including phenoxy) is 1. The highest BCUT2D eigenvalue weighted by Crippen LogP contribution is 2.46. The number of rotatable bonds is 3. The van der Waals surface area contributed by atoms with E-state index in [1.807, 2.05) is 18.2 Å². The van der Waals surface area contributed by atoms with Crippen molar-refractivity contribution in [1.82, 2.24) is 9.88 Å². The van der Waals surface area contributed by atoms with Gasteiger partial charge in [-0.2, -0.15) is 0 Å². The van der Waals surface area contributed by atoms with Gasteiger partial charge in [0.1, 0.15) is 5.41 Å². The van der Waals surface area contributed by atoms with E-state index >= 15 is 0 Å². The number of methoxy groups -OCH3 is 1. The molecule has 5 heteroatoms. The fourth-order valence-corrected chi connectivity index (χ4v) is 5.37. The van der Waals surface area contributed by atoms with E-state index in [-0.39, 0.29) is 18.5 Å². The van der Waals surface area contributed by atoms with Gasteiger partial charge in [-0.3, -0.25) is 4.79 Å². The number of aromatic amines is 1. The second-order valence-corrected chi connectivity index (χ2v) is 7.76. The lowest BCUT2D eigenvalue weighted by Gasteiger charge is -2.45. The second kappa shape index (κ2) is 6.71. The van der Waals surface area contributed by atoms with Crippen molar-refractivity contribution < 1.29 is 14.6 Å². The average molecular weight is 356 g/mol. The Balaban J connectivity index is 2.01. The van der Waals surface area contributed by atoms with E-state index in [4.69, 9.17) is 4.74 Å². The van der Waals surface area contributed by atoms with Gasteiger partial charge in [0, 0.05) is 29.7 Å². The van der Waals surface area contributed by atoms with Gasteiger partial charge in [0.25, 0.3) is 0 Å². The summed E-state index contributed by atoms with van der Waals surface area (Å²) in [6, 6.07) is 8.19. The minimum Gasteiger partial charge on any atom is -0.468 e. The minimum absolute atomic E-state index is 0.0751. The standard InChI is InChI=1S/C21H28N2O3/c1-3-14-12-23-10-8-16-15-6-4-5-7-18(15)22-19(16)21(13-24,20(25)26-2)17(14)9-11-23/h4-7,14,17,22,24H,3,8-13H2,1-2H3/t14?,17-,21-/m0/s1. The lowest BCUT2D eigenvalue weighted by Crippen LogP contribution is -2.54. The van der Waals surface area contributed by atoms with Crippen LogP contribution >= 0.6 is 0 Å². The molecular formula is C21H28N2O3. The van der Waals surface area contributed by atoms with Crippen LogP contribution in [0.2, 0.25) is 0 Å². The Morgan fingerprint density at radius 2 is 2.19 bits per heavy atom. The highest BCUT2D eigenvalue weighted by Gasteiger charge is 2.54. The monoisotopic (exact) mass is 356 g/mol. The number of para-hydroxylation sites is 1. The molecule has 0 amide bonds. The van der Waals surface area contributed by atoms with Crippen molar-refractivity contribution in [3.8, 4) is 0 Å². The molecule has 4 atom stereocenters. The predicted octanol–water partition coefficient (Wildman–Crippen LogP) is 2.48. The third-order valence-electron chi connectivity index (χ3n) is 6.71. The molecule has 2 N–H and O–H groups in total. The number of aliphatic hydroxyl groups is 1. The van der Waals surface area contributed by atoms with E-state index in [9.17, 15) is 9.90 Å².